The Morgan fingerprint density at radius 2 is 2.31 bits per heavy atom. The second kappa shape index (κ2) is 7.65. The average molecular weight is 240 g/mol. The highest BCUT2D eigenvalue weighted by Crippen LogP contribution is 2.19. The Kier molecular flexibility index (Phi) is 6.45. The molecule has 0 aromatic carbocycles. The Balaban J connectivity index is 2.39. The van der Waals surface area contributed by atoms with Crippen LogP contribution in [0.5, 0.6) is 0 Å². The van der Waals surface area contributed by atoms with Gasteiger partial charge in [-0.15, -0.1) is 11.8 Å². The van der Waals surface area contributed by atoms with Gasteiger partial charge in [-0.1, -0.05) is 6.92 Å². The number of ether oxygens (including phenoxy) is 1. The number of hydrogen-bond acceptors (Lipinski definition) is 4. The number of nitrogens with two attached hydrogens (primary N) is 1. The smallest absolute Gasteiger partial charge is 0.0571 e. The number of pyridine rings is 1. The largest absolute Gasteiger partial charge is 0.385 e. The van der Waals surface area contributed by atoms with Crippen LogP contribution in [0.3, 0.4) is 0 Å². The predicted molar refractivity (Wildman–Crippen MR) is 68.7 cm³/mol. The first-order valence-corrected chi connectivity index (χ1v) is 6.59. The lowest BCUT2D eigenvalue weighted by molar-refractivity contribution is 0.200. The Morgan fingerprint density at radius 3 is 2.88 bits per heavy atom. The van der Waals surface area contributed by atoms with Crippen molar-refractivity contribution in [1.29, 1.82) is 0 Å². The van der Waals surface area contributed by atoms with Crippen molar-refractivity contribution >= 4 is 11.8 Å². The van der Waals surface area contributed by atoms with Gasteiger partial charge in [0.25, 0.3) is 0 Å². The highest BCUT2D eigenvalue weighted by molar-refractivity contribution is 7.99. The van der Waals surface area contributed by atoms with Crippen molar-refractivity contribution in [1.82, 2.24) is 4.98 Å². The molecule has 0 bridgehead atoms. The molecular formula is C12H20N2OS. The van der Waals surface area contributed by atoms with Gasteiger partial charge >= 0.3 is 0 Å². The highest BCUT2D eigenvalue weighted by Gasteiger charge is 2.04. The molecule has 4 heteroatoms. The monoisotopic (exact) mass is 240 g/mol. The molecule has 0 aliphatic rings. The Morgan fingerprint density at radius 1 is 1.50 bits per heavy atom. The first-order chi connectivity index (χ1) is 7.77. The summed E-state index contributed by atoms with van der Waals surface area (Å²) in [7, 11) is 1.73. The van der Waals surface area contributed by atoms with E-state index in [0.29, 0.717) is 0 Å². The molecule has 0 saturated heterocycles. The molecule has 0 radical (unpaired) electrons. The average Bonchev–Trinajstić information content (AvgIpc) is 2.34. The van der Waals surface area contributed by atoms with E-state index in [1.807, 2.05) is 12.3 Å². The molecule has 1 unspecified atom stereocenters. The zero-order chi connectivity index (χ0) is 11.8. The number of rotatable bonds is 7. The maximum Gasteiger partial charge on any atom is 0.0571 e. The van der Waals surface area contributed by atoms with Crippen LogP contribution in [0.4, 0.5) is 0 Å². The fourth-order valence-electron chi connectivity index (χ4n) is 1.30. The van der Waals surface area contributed by atoms with E-state index in [1.54, 1.807) is 18.9 Å². The molecule has 1 atom stereocenters. The number of methoxy groups -OCH3 is 1. The van der Waals surface area contributed by atoms with Gasteiger partial charge in [0.15, 0.2) is 0 Å². The summed E-state index contributed by atoms with van der Waals surface area (Å²) in [6.07, 6.45) is 3.90. The van der Waals surface area contributed by atoms with Crippen LogP contribution in [0, 0.1) is 0 Å². The molecule has 0 aliphatic heterocycles. The van der Waals surface area contributed by atoms with Crippen molar-refractivity contribution in [2.24, 2.45) is 5.73 Å². The third kappa shape index (κ3) is 4.51. The summed E-state index contributed by atoms with van der Waals surface area (Å²) >= 11 is 1.81. The van der Waals surface area contributed by atoms with Crippen LogP contribution >= 0.6 is 11.8 Å². The van der Waals surface area contributed by atoms with E-state index in [1.165, 1.54) is 4.90 Å². The quantitative estimate of drug-likeness (QED) is 0.588. The van der Waals surface area contributed by atoms with Crippen molar-refractivity contribution < 1.29 is 4.74 Å². The van der Waals surface area contributed by atoms with E-state index in [2.05, 4.69) is 18.0 Å². The standard InChI is InChI=1S/C12H20N2OS/c1-3-11(13)12-6-5-10(9-14-12)16-8-4-7-15-2/h5-6,9,11H,3-4,7-8,13H2,1-2H3. The van der Waals surface area contributed by atoms with Crippen molar-refractivity contribution in [3.8, 4) is 0 Å². The molecule has 1 aromatic heterocycles. The van der Waals surface area contributed by atoms with Gasteiger partial charge in [0.2, 0.25) is 0 Å². The lowest BCUT2D eigenvalue weighted by Gasteiger charge is -2.08. The van der Waals surface area contributed by atoms with Gasteiger partial charge in [-0.05, 0) is 25.0 Å². The van der Waals surface area contributed by atoms with Crippen LogP contribution in [0.15, 0.2) is 23.2 Å². The molecule has 1 heterocycles. The second-order valence-electron chi connectivity index (χ2n) is 3.63. The normalized spacial score (nSPS) is 12.7. The van der Waals surface area contributed by atoms with E-state index in [4.69, 9.17) is 10.5 Å². The third-order valence-corrected chi connectivity index (χ3v) is 3.41. The van der Waals surface area contributed by atoms with Crippen LogP contribution in [0.2, 0.25) is 0 Å². The van der Waals surface area contributed by atoms with Gasteiger partial charge in [-0.25, -0.2) is 0 Å². The Labute approximate surface area is 102 Å². The summed E-state index contributed by atoms with van der Waals surface area (Å²) in [5, 5.41) is 0. The molecule has 1 rings (SSSR count). The minimum absolute atomic E-state index is 0.0625. The van der Waals surface area contributed by atoms with Crippen LogP contribution in [-0.4, -0.2) is 24.5 Å². The molecule has 3 nitrogen and oxygen atoms in total. The van der Waals surface area contributed by atoms with Crippen molar-refractivity contribution in [3.05, 3.63) is 24.0 Å². The lowest BCUT2D eigenvalue weighted by Crippen LogP contribution is -2.10. The SMILES string of the molecule is CCC(N)c1ccc(SCCCOC)cn1. The van der Waals surface area contributed by atoms with Crippen LogP contribution < -0.4 is 5.73 Å². The van der Waals surface area contributed by atoms with E-state index in [9.17, 15) is 0 Å². The lowest BCUT2D eigenvalue weighted by atomic mass is 10.1. The number of nitrogens with zero attached hydrogens (tertiary/aromatic N) is 1. The third-order valence-electron chi connectivity index (χ3n) is 2.34. The summed E-state index contributed by atoms with van der Waals surface area (Å²) in [4.78, 5) is 5.57. The van der Waals surface area contributed by atoms with E-state index >= 15 is 0 Å². The van der Waals surface area contributed by atoms with Crippen molar-refractivity contribution in [3.63, 3.8) is 0 Å². The van der Waals surface area contributed by atoms with Gasteiger partial charge in [-0.3, -0.25) is 4.98 Å². The molecule has 0 aliphatic carbocycles. The highest BCUT2D eigenvalue weighted by atomic mass is 32.2. The van der Waals surface area contributed by atoms with Crippen LogP contribution in [-0.2, 0) is 4.74 Å². The molecule has 0 fully saturated rings. The van der Waals surface area contributed by atoms with Gasteiger partial charge in [0, 0.05) is 36.6 Å². The van der Waals surface area contributed by atoms with E-state index < -0.39 is 0 Å². The zero-order valence-corrected chi connectivity index (χ0v) is 10.8. The first-order valence-electron chi connectivity index (χ1n) is 5.61. The van der Waals surface area contributed by atoms with Gasteiger partial charge in [0.05, 0.1) is 5.69 Å². The minimum atomic E-state index is 0.0625. The summed E-state index contributed by atoms with van der Waals surface area (Å²) in [6.45, 7) is 2.89. The molecule has 0 saturated carbocycles. The Hall–Kier alpha value is -0.580. The molecular weight excluding hydrogens is 220 g/mol. The minimum Gasteiger partial charge on any atom is -0.385 e. The molecule has 0 amide bonds. The molecule has 1 aromatic rings. The molecule has 0 spiro atoms. The van der Waals surface area contributed by atoms with Gasteiger partial charge < -0.3 is 10.5 Å². The van der Waals surface area contributed by atoms with Crippen molar-refractivity contribution in [2.45, 2.75) is 30.7 Å². The van der Waals surface area contributed by atoms with E-state index in [-0.39, 0.29) is 6.04 Å². The molecule has 16 heavy (non-hydrogen) atoms. The second-order valence-corrected chi connectivity index (χ2v) is 4.80. The summed E-state index contributed by atoms with van der Waals surface area (Å²) in [5.74, 6) is 1.06. The summed E-state index contributed by atoms with van der Waals surface area (Å²) in [5.41, 5.74) is 6.87. The predicted octanol–water partition coefficient (Wildman–Crippen LogP) is 2.62. The van der Waals surface area contributed by atoms with Gasteiger partial charge in [-0.2, -0.15) is 0 Å². The summed E-state index contributed by atoms with van der Waals surface area (Å²) in [6, 6.07) is 4.18. The Bertz CT molecular complexity index is 290. The fraction of sp³-hybridized carbons (Fsp3) is 0.583. The van der Waals surface area contributed by atoms with Crippen LogP contribution in [0.25, 0.3) is 0 Å². The van der Waals surface area contributed by atoms with E-state index in [0.717, 1.165) is 30.9 Å². The number of thioether (sulfide) groups is 1. The van der Waals surface area contributed by atoms with Crippen LogP contribution in [0.1, 0.15) is 31.5 Å². The number of hydrogen-bond donors (Lipinski definition) is 1. The topological polar surface area (TPSA) is 48.1 Å². The van der Waals surface area contributed by atoms with Gasteiger partial charge in [0.1, 0.15) is 0 Å². The number of aromatic nitrogens is 1. The maximum absolute atomic E-state index is 5.90. The fourth-order valence-corrected chi connectivity index (χ4v) is 2.09. The van der Waals surface area contributed by atoms with Crippen molar-refractivity contribution in [2.75, 3.05) is 19.5 Å². The molecule has 90 valence electrons. The first kappa shape index (κ1) is 13.5. The molecule has 2 N–H and O–H groups in total. The zero-order valence-electron chi connectivity index (χ0n) is 9.98. The summed E-state index contributed by atoms with van der Waals surface area (Å²) < 4.78 is 5.00. The maximum atomic E-state index is 5.90.